The maximum atomic E-state index is 4.99. The molecule has 14 heterocycles. The number of nitrogens with zero attached hydrogens (tertiary/aromatic N) is 16. The molecule has 0 unspecified atom stereocenters. The Morgan fingerprint density at radius 3 is 1.02 bits per heavy atom. The maximum absolute atomic E-state index is 4.99. The van der Waals surface area contributed by atoms with Crippen molar-refractivity contribution in [3.05, 3.63) is 311 Å². The average molecular weight is 1860 g/mol. The van der Waals surface area contributed by atoms with Gasteiger partial charge in [-0.3, -0.25) is 50.0 Å². The molecule has 0 fully saturated rings. The molecule has 2 N–H and O–H groups in total. The third-order valence-electron chi connectivity index (χ3n) is 10.6. The fraction of sp³-hybridized carbons (Fsp3) is 0.461. The van der Waals surface area contributed by atoms with Gasteiger partial charge in [0, 0.05) is 135 Å². The highest BCUT2D eigenvalue weighted by Gasteiger charge is 2.06. The number of benzene rings is 3. The second kappa shape index (κ2) is 79.7. The van der Waals surface area contributed by atoms with Crippen LogP contribution in [0.4, 0.5) is 5.69 Å². The maximum Gasteiger partial charge on any atom is 0.170 e. The lowest BCUT2D eigenvalue weighted by Crippen LogP contribution is -1.93. The van der Waals surface area contributed by atoms with E-state index in [1.807, 2.05) is 146 Å². The molecule has 742 valence electrons. The average Bonchev–Trinajstić information content (AvgIpc) is 1.78. The van der Waals surface area contributed by atoms with Gasteiger partial charge in [-0.1, -0.05) is 356 Å². The molecule has 2 aliphatic rings. The summed E-state index contributed by atoms with van der Waals surface area (Å²) in [5.41, 5.74) is 13.0. The van der Waals surface area contributed by atoms with Gasteiger partial charge in [-0.05, 0) is 144 Å². The molecule has 0 radical (unpaired) electrons. The van der Waals surface area contributed by atoms with E-state index in [1.54, 1.807) is 135 Å². The smallest absolute Gasteiger partial charge is 0.170 e. The Balaban J connectivity index is -0.000000440. The first kappa shape index (κ1) is 132. The number of hydrogen-bond acceptors (Lipinski definition) is 18. The predicted octanol–water partition coefficient (Wildman–Crippen LogP) is 34.2. The zero-order valence-corrected chi connectivity index (χ0v) is 91.9. The molecular formula is C115H180N18OS. The SMILES string of the molecule is C1=NCc2ccccc21.C1=Nc2cncnc2C1.CC(C)(C)C.CC(C)(C)C.CC(C)(C)C.CC(C)(C)C.CC(C)(C)C.CC(C)(C)C.CC(C)(C)C.CC(C)C.CC(C)C.CC(C)C.CC(C)C.c1ccc2[nH]ccc2c1.c1ccc2[nH]ncc2c1.c1ccncc1.c1ccncc1.c1ccncc1.c1cnccn1.c1cnccn1.c1ncc2occc2n1.c1ncc2sccc2n1. The number of hydrogen-bond donors (Lipinski definition) is 2. The highest BCUT2D eigenvalue weighted by molar-refractivity contribution is 7.17. The van der Waals surface area contributed by atoms with Crippen LogP contribution in [0, 0.1) is 61.6 Å². The molecule has 19 nitrogen and oxygen atoms in total. The topological polar surface area (TPSA) is 250 Å². The summed E-state index contributed by atoms with van der Waals surface area (Å²) in [7, 11) is 0. The van der Waals surface area contributed by atoms with Crippen LogP contribution in [0.3, 0.4) is 0 Å². The van der Waals surface area contributed by atoms with Crippen molar-refractivity contribution in [2.45, 2.75) is 290 Å². The van der Waals surface area contributed by atoms with Crippen LogP contribution < -0.4 is 0 Å². The molecule has 20 heteroatoms. The molecule has 2 aliphatic heterocycles. The first-order chi connectivity index (χ1) is 62.7. The zero-order chi connectivity index (χ0) is 104. The molecule has 0 atom stereocenters. The summed E-state index contributed by atoms with van der Waals surface area (Å²) in [6, 6.07) is 47.5. The lowest BCUT2D eigenvalue weighted by Gasteiger charge is -2.05. The number of aromatic nitrogens is 16. The second-order valence-electron chi connectivity index (χ2n) is 44.2. The molecule has 15 aromatic rings. The van der Waals surface area contributed by atoms with Crippen molar-refractivity contribution >= 4 is 72.6 Å². The van der Waals surface area contributed by atoms with Crippen molar-refractivity contribution in [3.8, 4) is 0 Å². The van der Waals surface area contributed by atoms with E-state index in [0.29, 0.717) is 37.9 Å². The van der Waals surface area contributed by atoms with Crippen LogP contribution in [0.5, 0.6) is 0 Å². The van der Waals surface area contributed by atoms with Gasteiger partial charge in [0.05, 0.1) is 52.8 Å². The lowest BCUT2D eigenvalue weighted by molar-refractivity contribution is 0.469. The second-order valence-corrected chi connectivity index (χ2v) is 45.2. The standard InChI is InChI=1S/2C8H7N.C7H6N2.C6H5N3.C6H4N2O.C6H4N2S.3C5H5N.7C5H12.2C4H4N2.4C4H10/c1-2-4-8-6-9-5-7(8)3-1;1-2-4-8-7(3-1)5-6-9-8;1-2-4-7-6(3-1)5-8-9-7;1-2-8-6-3-7-4-9-5(1)6;2*1-2-9-6-3-7-4-8-5(1)6;3*1-2-4-6-5-3-1;7*1-5(2,3)4;2*1-2-6-4-3-5-1;4*1-4(2)3/h1-5H,6H2;1-6,9H;1-5H,(H,8,9);2-4H,1H2;2*1-4H;3*1-5H;7*1-4H3;2*1-4H;4*4H,1-3H3. The molecule has 17 rings (SSSR count). The Morgan fingerprint density at radius 1 is 0.326 bits per heavy atom. The minimum atomic E-state index is 0.500. The molecule has 3 aromatic carbocycles. The third kappa shape index (κ3) is 122. The Labute approximate surface area is 824 Å². The molecule has 0 aliphatic carbocycles. The van der Waals surface area contributed by atoms with Crippen molar-refractivity contribution in [3.63, 3.8) is 0 Å². The van der Waals surface area contributed by atoms with Crippen molar-refractivity contribution in [1.82, 2.24) is 80.0 Å². The summed E-state index contributed by atoms with van der Waals surface area (Å²) >= 11 is 1.66. The molecule has 0 amide bonds. The number of thiophene rings is 1. The quantitative estimate of drug-likeness (QED) is 0.143. The lowest BCUT2D eigenvalue weighted by atomic mass is 10.0. The zero-order valence-electron chi connectivity index (χ0n) is 91.1. The van der Waals surface area contributed by atoms with E-state index in [0.717, 1.165) is 80.2 Å². The van der Waals surface area contributed by atoms with Gasteiger partial charge in [0.15, 0.2) is 5.58 Å². The normalized spacial score (nSPS) is 10.5. The molecule has 0 saturated heterocycles. The van der Waals surface area contributed by atoms with E-state index in [4.69, 9.17) is 4.42 Å². The highest BCUT2D eigenvalue weighted by atomic mass is 32.1. The van der Waals surface area contributed by atoms with Gasteiger partial charge < -0.3 is 9.40 Å². The summed E-state index contributed by atoms with van der Waals surface area (Å²) in [6.45, 7) is 88.1. The van der Waals surface area contributed by atoms with Gasteiger partial charge in [-0.15, -0.1) is 11.3 Å². The molecule has 0 saturated carbocycles. The number of aromatic amines is 2. The van der Waals surface area contributed by atoms with Crippen molar-refractivity contribution in [1.29, 1.82) is 0 Å². The summed E-state index contributed by atoms with van der Waals surface area (Å²) in [5, 5.41) is 11.2. The van der Waals surface area contributed by atoms with Crippen LogP contribution in [-0.4, -0.2) is 92.4 Å². The van der Waals surface area contributed by atoms with Crippen LogP contribution in [0.15, 0.2) is 308 Å². The first-order valence-electron chi connectivity index (χ1n) is 46.7. The summed E-state index contributed by atoms with van der Waals surface area (Å²) < 4.78 is 6.14. The van der Waals surface area contributed by atoms with E-state index < -0.39 is 0 Å². The molecular weight excluding hydrogens is 1680 g/mol. The van der Waals surface area contributed by atoms with Gasteiger partial charge in [-0.25, -0.2) is 29.9 Å². The monoisotopic (exact) mass is 1860 g/mol. The van der Waals surface area contributed by atoms with Crippen LogP contribution in [0.1, 0.15) is 294 Å². The number of aliphatic imine (C=N–C) groups is 2. The number of rotatable bonds is 0. The molecule has 12 aromatic heterocycles. The molecule has 0 bridgehead atoms. The van der Waals surface area contributed by atoms with E-state index in [9.17, 15) is 0 Å². The summed E-state index contributed by atoms with van der Waals surface area (Å²) in [5.74, 6) is 3.33. The Morgan fingerprint density at radius 2 is 0.674 bits per heavy atom. The van der Waals surface area contributed by atoms with Crippen LogP contribution in [0.25, 0.3) is 43.1 Å². The predicted molar refractivity (Wildman–Crippen MR) is 590 cm³/mol. The van der Waals surface area contributed by atoms with Crippen LogP contribution in [-0.2, 0) is 13.0 Å². The largest absolute Gasteiger partial charge is 0.461 e. The molecule has 0 spiro atoms. The Hall–Kier alpha value is -11.6. The van der Waals surface area contributed by atoms with E-state index in [1.165, 1.54) is 28.4 Å². The van der Waals surface area contributed by atoms with Crippen LogP contribution >= 0.6 is 11.3 Å². The van der Waals surface area contributed by atoms with Gasteiger partial charge in [0.25, 0.3) is 0 Å². The summed E-state index contributed by atoms with van der Waals surface area (Å²) in [4.78, 5) is 61.0. The Kier molecular flexibility index (Phi) is 77.8. The number of H-pyrrole nitrogens is 2. The van der Waals surface area contributed by atoms with Gasteiger partial charge in [0.1, 0.15) is 30.2 Å². The van der Waals surface area contributed by atoms with Gasteiger partial charge in [-0.2, -0.15) is 5.10 Å². The molecule has 135 heavy (non-hydrogen) atoms. The van der Waals surface area contributed by atoms with E-state index in [-0.39, 0.29) is 0 Å². The highest BCUT2D eigenvalue weighted by Crippen LogP contribution is 2.20. The fourth-order valence-corrected chi connectivity index (χ4v) is 7.35. The first-order valence-corrected chi connectivity index (χ1v) is 47.6. The van der Waals surface area contributed by atoms with Crippen molar-refractivity contribution in [2.75, 3.05) is 0 Å². The number of nitrogens with one attached hydrogen (secondary N) is 2. The number of furan rings is 1. The minimum absolute atomic E-state index is 0.500. The van der Waals surface area contributed by atoms with E-state index >= 15 is 0 Å². The van der Waals surface area contributed by atoms with Crippen LogP contribution in [0.2, 0.25) is 0 Å². The van der Waals surface area contributed by atoms with Gasteiger partial charge >= 0.3 is 0 Å². The minimum Gasteiger partial charge on any atom is -0.461 e. The van der Waals surface area contributed by atoms with Gasteiger partial charge in [0.2, 0.25) is 0 Å². The number of para-hydroxylation sites is 2. The van der Waals surface area contributed by atoms with Crippen molar-refractivity contribution < 1.29 is 4.42 Å². The summed E-state index contributed by atoms with van der Waals surface area (Å²) in [6.07, 6.45) is 43.4. The number of pyridine rings is 3. The fourth-order valence-electron chi connectivity index (χ4n) is 6.64. The van der Waals surface area contributed by atoms with Crippen molar-refractivity contribution in [2.24, 2.45) is 71.6 Å². The third-order valence-corrected chi connectivity index (χ3v) is 11.4. The Bertz CT molecular complexity index is 4110. The van der Waals surface area contributed by atoms with E-state index in [2.05, 4.69) is 397 Å². The number of fused-ring (bicyclic) bond motifs is 6.